The van der Waals surface area contributed by atoms with Crippen LogP contribution in [-0.2, 0) is 10.0 Å². The molecule has 7 heteroatoms. The molecular weight excluding hydrogens is 386 g/mol. The van der Waals surface area contributed by atoms with Gasteiger partial charge in [0.1, 0.15) is 0 Å². The summed E-state index contributed by atoms with van der Waals surface area (Å²) in [7, 11) is -3.54. The molecule has 0 spiro atoms. The zero-order valence-electron chi connectivity index (χ0n) is 9.86. The van der Waals surface area contributed by atoms with E-state index in [9.17, 15) is 13.5 Å². The van der Waals surface area contributed by atoms with Crippen LogP contribution in [0.1, 0.15) is 19.8 Å². The second-order valence-corrected chi connectivity index (χ2v) is 7.33. The molecule has 18 heavy (non-hydrogen) atoms. The molecule has 1 aromatic carbocycles. The van der Waals surface area contributed by atoms with E-state index in [2.05, 4.69) is 36.6 Å². The van der Waals surface area contributed by atoms with E-state index in [1.54, 1.807) is 12.1 Å². The smallest absolute Gasteiger partial charge is 0.241 e. The van der Waals surface area contributed by atoms with Crippen LogP contribution in [0.2, 0.25) is 0 Å². The Labute approximate surface area is 124 Å². The molecule has 0 saturated heterocycles. The average Bonchev–Trinajstić information content (AvgIpc) is 2.27. The molecule has 0 saturated carbocycles. The minimum absolute atomic E-state index is 0.191. The van der Waals surface area contributed by atoms with E-state index in [1.807, 2.05) is 6.92 Å². The number of sulfonamides is 1. The second-order valence-electron chi connectivity index (χ2n) is 3.82. The van der Waals surface area contributed by atoms with Gasteiger partial charge in [-0.3, -0.25) is 0 Å². The van der Waals surface area contributed by atoms with Gasteiger partial charge in [0.05, 0.1) is 11.0 Å². The van der Waals surface area contributed by atoms with Crippen molar-refractivity contribution in [3.05, 3.63) is 27.1 Å². The molecule has 0 aromatic heterocycles. The summed E-state index contributed by atoms with van der Waals surface area (Å²) < 4.78 is 27.8. The first-order chi connectivity index (χ1) is 8.36. The maximum absolute atomic E-state index is 12.0. The fourth-order valence-electron chi connectivity index (χ4n) is 1.33. The summed E-state index contributed by atoms with van der Waals surface area (Å²) in [6.45, 7) is 2.07. The summed E-state index contributed by atoms with van der Waals surface area (Å²) >= 11 is 6.48. The molecule has 0 aliphatic heterocycles. The lowest BCUT2D eigenvalue weighted by atomic mass is 10.2. The Balaban J connectivity index is 2.74. The van der Waals surface area contributed by atoms with Gasteiger partial charge >= 0.3 is 0 Å². The molecule has 1 atom stereocenters. The third-order valence-corrected chi connectivity index (χ3v) is 5.36. The molecule has 0 aliphatic rings. The van der Waals surface area contributed by atoms with Gasteiger partial charge in [0.15, 0.2) is 0 Å². The minimum Gasteiger partial charge on any atom is -0.393 e. The maximum Gasteiger partial charge on any atom is 0.241 e. The van der Waals surface area contributed by atoms with Crippen molar-refractivity contribution >= 4 is 41.9 Å². The largest absolute Gasteiger partial charge is 0.393 e. The van der Waals surface area contributed by atoms with Gasteiger partial charge < -0.3 is 5.11 Å². The van der Waals surface area contributed by atoms with Crippen LogP contribution in [0.4, 0.5) is 0 Å². The highest BCUT2D eigenvalue weighted by Crippen LogP contribution is 2.25. The molecule has 102 valence electrons. The Morgan fingerprint density at radius 1 is 1.39 bits per heavy atom. The Morgan fingerprint density at radius 2 is 2.06 bits per heavy atom. The Bertz CT molecular complexity index is 505. The first-order valence-corrected chi connectivity index (χ1v) is 8.56. The highest BCUT2D eigenvalue weighted by molar-refractivity contribution is 9.11. The van der Waals surface area contributed by atoms with Crippen LogP contribution in [0.3, 0.4) is 0 Å². The zero-order chi connectivity index (χ0) is 13.8. The van der Waals surface area contributed by atoms with Gasteiger partial charge in [0.2, 0.25) is 10.0 Å². The highest BCUT2D eigenvalue weighted by atomic mass is 79.9. The van der Waals surface area contributed by atoms with E-state index in [0.717, 1.165) is 4.47 Å². The minimum atomic E-state index is -3.54. The molecule has 0 heterocycles. The van der Waals surface area contributed by atoms with Crippen molar-refractivity contribution in [3.63, 3.8) is 0 Å². The molecular formula is C11H15Br2NO3S. The van der Waals surface area contributed by atoms with Crippen molar-refractivity contribution in [2.75, 3.05) is 6.54 Å². The van der Waals surface area contributed by atoms with Crippen LogP contribution in [0.25, 0.3) is 0 Å². The summed E-state index contributed by atoms with van der Waals surface area (Å²) in [5.74, 6) is 0. The van der Waals surface area contributed by atoms with E-state index in [4.69, 9.17) is 0 Å². The van der Waals surface area contributed by atoms with E-state index >= 15 is 0 Å². The third kappa shape index (κ3) is 4.62. The Hall–Kier alpha value is 0.0500. The Morgan fingerprint density at radius 3 is 2.61 bits per heavy atom. The van der Waals surface area contributed by atoms with Gasteiger partial charge in [-0.2, -0.15) is 0 Å². The third-order valence-electron chi connectivity index (χ3n) is 2.42. The standard InChI is InChI=1S/C11H15Br2NO3S/c1-2-9(15)5-6-14-18(16,17)11-4-3-8(12)7-10(11)13/h3-4,7,9,14-15H,2,5-6H2,1H3. The lowest BCUT2D eigenvalue weighted by molar-refractivity contribution is 0.162. The fraction of sp³-hybridized carbons (Fsp3) is 0.455. The number of benzene rings is 1. The second kappa shape index (κ2) is 7.00. The van der Waals surface area contributed by atoms with Gasteiger partial charge in [-0.25, -0.2) is 13.1 Å². The molecule has 4 nitrogen and oxygen atoms in total. The van der Waals surface area contributed by atoms with Crippen molar-refractivity contribution in [2.24, 2.45) is 0 Å². The SMILES string of the molecule is CCC(O)CCNS(=O)(=O)c1ccc(Br)cc1Br. The predicted octanol–water partition coefficient (Wildman–Crippen LogP) is 2.65. The van der Waals surface area contributed by atoms with Crippen molar-refractivity contribution in [1.82, 2.24) is 4.72 Å². The predicted molar refractivity (Wildman–Crippen MR) is 77.9 cm³/mol. The van der Waals surface area contributed by atoms with Gasteiger partial charge in [-0.05, 0) is 47.0 Å². The number of hydrogen-bond donors (Lipinski definition) is 2. The molecule has 1 rings (SSSR count). The topological polar surface area (TPSA) is 66.4 Å². The quantitative estimate of drug-likeness (QED) is 0.771. The average molecular weight is 401 g/mol. The van der Waals surface area contributed by atoms with Crippen LogP contribution < -0.4 is 4.72 Å². The molecule has 0 aliphatic carbocycles. The van der Waals surface area contributed by atoms with Gasteiger partial charge in [-0.15, -0.1) is 0 Å². The summed E-state index contributed by atoms with van der Waals surface area (Å²) in [6, 6.07) is 4.86. The fourth-order valence-corrected chi connectivity index (χ4v) is 4.13. The number of aliphatic hydroxyl groups is 1. The first kappa shape index (κ1) is 16.1. The molecule has 2 N–H and O–H groups in total. The van der Waals surface area contributed by atoms with Crippen molar-refractivity contribution in [2.45, 2.75) is 30.8 Å². The number of nitrogens with one attached hydrogen (secondary N) is 1. The highest BCUT2D eigenvalue weighted by Gasteiger charge is 2.17. The van der Waals surface area contributed by atoms with Crippen LogP contribution in [0.5, 0.6) is 0 Å². The van der Waals surface area contributed by atoms with Crippen molar-refractivity contribution < 1.29 is 13.5 Å². The number of aliphatic hydroxyl groups excluding tert-OH is 1. The molecule has 0 amide bonds. The maximum atomic E-state index is 12.0. The number of halogens is 2. The number of rotatable bonds is 6. The van der Waals surface area contributed by atoms with Gasteiger partial charge in [0.25, 0.3) is 0 Å². The molecule has 0 radical (unpaired) electrons. The molecule has 0 bridgehead atoms. The zero-order valence-corrected chi connectivity index (χ0v) is 13.8. The normalized spacial score (nSPS) is 13.6. The van der Waals surface area contributed by atoms with Crippen LogP contribution in [-0.4, -0.2) is 26.2 Å². The number of hydrogen-bond acceptors (Lipinski definition) is 3. The van der Waals surface area contributed by atoms with E-state index in [1.165, 1.54) is 6.07 Å². The summed E-state index contributed by atoms with van der Waals surface area (Å²) in [6.07, 6.45) is 0.550. The van der Waals surface area contributed by atoms with E-state index in [0.29, 0.717) is 17.3 Å². The lowest BCUT2D eigenvalue weighted by Gasteiger charge is -2.10. The Kier molecular flexibility index (Phi) is 6.26. The van der Waals surface area contributed by atoms with E-state index < -0.39 is 16.1 Å². The van der Waals surface area contributed by atoms with Crippen molar-refractivity contribution in [3.8, 4) is 0 Å². The molecule has 1 unspecified atom stereocenters. The lowest BCUT2D eigenvalue weighted by Crippen LogP contribution is -2.27. The molecule has 1 aromatic rings. The summed E-state index contributed by atoms with van der Waals surface area (Å²) in [5.41, 5.74) is 0. The van der Waals surface area contributed by atoms with Gasteiger partial charge in [0, 0.05) is 15.5 Å². The summed E-state index contributed by atoms with van der Waals surface area (Å²) in [5, 5.41) is 9.37. The van der Waals surface area contributed by atoms with Crippen LogP contribution in [0, 0.1) is 0 Å². The van der Waals surface area contributed by atoms with E-state index in [-0.39, 0.29) is 11.4 Å². The monoisotopic (exact) mass is 399 g/mol. The van der Waals surface area contributed by atoms with Crippen LogP contribution in [0.15, 0.2) is 32.0 Å². The van der Waals surface area contributed by atoms with Crippen LogP contribution >= 0.6 is 31.9 Å². The van der Waals surface area contributed by atoms with Crippen molar-refractivity contribution in [1.29, 1.82) is 0 Å². The first-order valence-electron chi connectivity index (χ1n) is 5.49. The summed E-state index contributed by atoms with van der Waals surface area (Å²) in [4.78, 5) is 0.191. The van der Waals surface area contributed by atoms with Gasteiger partial charge in [-0.1, -0.05) is 22.9 Å². The molecule has 0 fully saturated rings.